The van der Waals surface area contributed by atoms with Gasteiger partial charge in [-0.05, 0) is 0 Å². The van der Waals surface area contributed by atoms with Crippen LogP contribution in [0.1, 0.15) is 23.2 Å². The van der Waals surface area contributed by atoms with E-state index in [1.54, 1.807) is 0 Å². The lowest BCUT2D eigenvalue weighted by Gasteiger charge is -2.12. The lowest BCUT2D eigenvalue weighted by atomic mass is 10.1. The Morgan fingerprint density at radius 1 is 1.38 bits per heavy atom. The molecule has 0 unspecified atom stereocenters. The monoisotopic (exact) mass is 256 g/mol. The molecule has 0 aliphatic heterocycles. The molecule has 0 atom stereocenters. The number of nitriles is 1. The maximum absolute atomic E-state index is 12.4. The molecule has 0 saturated heterocycles. The minimum Gasteiger partial charge on any atom is -0.252 e. The van der Waals surface area contributed by atoms with Gasteiger partial charge in [-0.1, -0.05) is 11.6 Å². The van der Waals surface area contributed by atoms with Crippen LogP contribution in [0.5, 0.6) is 0 Å². The molecule has 1 aromatic heterocycles. The van der Waals surface area contributed by atoms with E-state index in [2.05, 4.69) is 4.98 Å². The van der Waals surface area contributed by atoms with Gasteiger partial charge in [0, 0.05) is 6.20 Å². The molecule has 0 N–H and O–H groups in total. The lowest BCUT2D eigenvalue weighted by molar-refractivity contribution is -0.137. The number of pyridine rings is 1. The van der Waals surface area contributed by atoms with Crippen LogP contribution in [0, 0.1) is 11.3 Å². The second-order valence-electron chi connectivity index (χ2n) is 2.66. The third-order valence-electron chi connectivity index (χ3n) is 1.66. The fraction of sp³-hybridized carbons (Fsp3) is 0.250. The van der Waals surface area contributed by atoms with Crippen molar-refractivity contribution in [3.05, 3.63) is 28.0 Å². The van der Waals surface area contributed by atoms with Crippen LogP contribution in [0.15, 0.2) is 6.20 Å². The van der Waals surface area contributed by atoms with E-state index in [9.17, 15) is 22.0 Å². The molecular formula is C8H2ClF5N2. The summed E-state index contributed by atoms with van der Waals surface area (Å²) < 4.78 is 61.8. The maximum Gasteiger partial charge on any atom is 0.419 e. The molecule has 1 heterocycles. The standard InChI is InChI=1S/C8H2ClF5N2/c9-5-4(8(12,13)14)3(1-15)2-16-6(5)7(10)11/h2,7H. The minimum atomic E-state index is -4.98. The second-order valence-corrected chi connectivity index (χ2v) is 3.03. The van der Waals surface area contributed by atoms with Gasteiger partial charge in [0.05, 0.1) is 16.1 Å². The van der Waals surface area contributed by atoms with E-state index in [-0.39, 0.29) is 0 Å². The number of aromatic nitrogens is 1. The topological polar surface area (TPSA) is 36.7 Å². The van der Waals surface area contributed by atoms with Crippen molar-refractivity contribution in [2.75, 3.05) is 0 Å². The van der Waals surface area contributed by atoms with Crippen LogP contribution >= 0.6 is 11.6 Å². The molecule has 8 heteroatoms. The Morgan fingerprint density at radius 2 is 1.94 bits per heavy atom. The highest BCUT2D eigenvalue weighted by Crippen LogP contribution is 2.40. The van der Waals surface area contributed by atoms with Crippen molar-refractivity contribution in [1.82, 2.24) is 4.98 Å². The van der Waals surface area contributed by atoms with E-state index in [0.29, 0.717) is 6.20 Å². The summed E-state index contributed by atoms with van der Waals surface area (Å²) in [6, 6.07) is 1.20. The molecule has 0 amide bonds. The molecule has 1 aromatic rings. The van der Waals surface area contributed by atoms with Gasteiger partial charge in [0.1, 0.15) is 11.8 Å². The van der Waals surface area contributed by atoms with E-state index in [4.69, 9.17) is 16.9 Å². The van der Waals surface area contributed by atoms with Gasteiger partial charge < -0.3 is 0 Å². The Morgan fingerprint density at radius 3 is 2.31 bits per heavy atom. The summed E-state index contributed by atoms with van der Waals surface area (Å²) >= 11 is 5.16. The van der Waals surface area contributed by atoms with E-state index < -0.39 is 34.4 Å². The molecule has 16 heavy (non-hydrogen) atoms. The van der Waals surface area contributed by atoms with Crippen molar-refractivity contribution in [3.8, 4) is 6.07 Å². The highest BCUT2D eigenvalue weighted by Gasteiger charge is 2.38. The molecule has 1 rings (SSSR count). The quantitative estimate of drug-likeness (QED) is 0.720. The average molecular weight is 257 g/mol. The summed E-state index contributed by atoms with van der Waals surface area (Å²) in [5, 5.41) is 7.16. The molecule has 0 aliphatic carbocycles. The van der Waals surface area contributed by atoms with Crippen LogP contribution in [0.4, 0.5) is 22.0 Å². The van der Waals surface area contributed by atoms with E-state index in [1.165, 1.54) is 6.07 Å². The lowest BCUT2D eigenvalue weighted by Crippen LogP contribution is -2.11. The van der Waals surface area contributed by atoms with Gasteiger partial charge in [-0.3, -0.25) is 4.98 Å². The third-order valence-corrected chi connectivity index (χ3v) is 2.04. The molecule has 86 valence electrons. The van der Waals surface area contributed by atoms with Gasteiger partial charge in [-0.15, -0.1) is 0 Å². The predicted octanol–water partition coefficient (Wildman–Crippen LogP) is 3.56. The molecule has 0 saturated carbocycles. The first kappa shape index (κ1) is 12.6. The number of nitrogens with zero attached hydrogens (tertiary/aromatic N) is 2. The Balaban J connectivity index is 3.55. The summed E-state index contributed by atoms with van der Waals surface area (Å²) in [4.78, 5) is 3.02. The highest BCUT2D eigenvalue weighted by molar-refractivity contribution is 6.32. The first-order chi connectivity index (χ1) is 7.29. The largest absolute Gasteiger partial charge is 0.419 e. The number of hydrogen-bond donors (Lipinski definition) is 0. The predicted molar refractivity (Wildman–Crippen MR) is 43.9 cm³/mol. The fourth-order valence-corrected chi connectivity index (χ4v) is 1.36. The molecule has 0 aliphatic rings. The van der Waals surface area contributed by atoms with Crippen LogP contribution in [0.25, 0.3) is 0 Å². The van der Waals surface area contributed by atoms with Crippen molar-refractivity contribution < 1.29 is 22.0 Å². The summed E-state index contributed by atoms with van der Waals surface area (Å²) in [6.07, 6.45) is -7.79. The van der Waals surface area contributed by atoms with Crippen molar-refractivity contribution in [2.24, 2.45) is 0 Å². The normalized spacial score (nSPS) is 11.6. The van der Waals surface area contributed by atoms with Crippen molar-refractivity contribution in [1.29, 1.82) is 5.26 Å². The molecule has 0 spiro atoms. The van der Waals surface area contributed by atoms with Gasteiger partial charge in [0.25, 0.3) is 6.43 Å². The van der Waals surface area contributed by atoms with Gasteiger partial charge >= 0.3 is 6.18 Å². The fourth-order valence-electron chi connectivity index (χ4n) is 1.02. The number of alkyl halides is 5. The van der Waals surface area contributed by atoms with Crippen molar-refractivity contribution >= 4 is 11.6 Å². The first-order valence-corrected chi connectivity index (χ1v) is 4.10. The van der Waals surface area contributed by atoms with Crippen LogP contribution < -0.4 is 0 Å². The maximum atomic E-state index is 12.4. The van der Waals surface area contributed by atoms with Crippen LogP contribution in [0.2, 0.25) is 5.02 Å². The Kier molecular flexibility index (Phi) is 3.33. The molecule has 0 aromatic carbocycles. The second kappa shape index (κ2) is 4.22. The Labute approximate surface area is 91.3 Å². The van der Waals surface area contributed by atoms with E-state index in [1.807, 2.05) is 0 Å². The SMILES string of the molecule is N#Cc1cnc(C(F)F)c(Cl)c1C(F)(F)F. The molecule has 0 bridgehead atoms. The molecule has 2 nitrogen and oxygen atoms in total. The van der Waals surface area contributed by atoms with Gasteiger partial charge in [-0.2, -0.15) is 18.4 Å². The van der Waals surface area contributed by atoms with E-state index >= 15 is 0 Å². The first-order valence-electron chi connectivity index (χ1n) is 3.73. The number of halogens is 6. The van der Waals surface area contributed by atoms with Crippen LogP contribution in [0.3, 0.4) is 0 Å². The highest BCUT2D eigenvalue weighted by atomic mass is 35.5. The molecule has 0 radical (unpaired) electrons. The number of rotatable bonds is 1. The summed E-state index contributed by atoms with van der Waals surface area (Å²) in [5.41, 5.74) is -3.66. The zero-order valence-corrected chi connectivity index (χ0v) is 8.07. The van der Waals surface area contributed by atoms with Crippen molar-refractivity contribution in [3.63, 3.8) is 0 Å². The third kappa shape index (κ3) is 2.22. The van der Waals surface area contributed by atoms with Crippen LogP contribution in [-0.2, 0) is 6.18 Å². The summed E-state index contributed by atoms with van der Waals surface area (Å²) in [5.74, 6) is 0. The Bertz CT molecular complexity index is 449. The average Bonchev–Trinajstić information content (AvgIpc) is 2.14. The smallest absolute Gasteiger partial charge is 0.252 e. The zero-order valence-electron chi connectivity index (χ0n) is 7.32. The zero-order chi connectivity index (χ0) is 12.5. The summed E-state index contributed by atoms with van der Waals surface area (Å²) in [7, 11) is 0. The van der Waals surface area contributed by atoms with Gasteiger partial charge in [0.2, 0.25) is 0 Å². The van der Waals surface area contributed by atoms with Crippen LogP contribution in [-0.4, -0.2) is 4.98 Å². The van der Waals surface area contributed by atoms with E-state index in [0.717, 1.165) is 0 Å². The number of hydrogen-bond acceptors (Lipinski definition) is 2. The van der Waals surface area contributed by atoms with Gasteiger partial charge in [0.15, 0.2) is 0 Å². The van der Waals surface area contributed by atoms with Gasteiger partial charge in [-0.25, -0.2) is 8.78 Å². The Hall–Kier alpha value is -1.42. The summed E-state index contributed by atoms with van der Waals surface area (Å²) in [6.45, 7) is 0. The molecular weight excluding hydrogens is 255 g/mol. The molecule has 0 fully saturated rings. The van der Waals surface area contributed by atoms with Crippen molar-refractivity contribution in [2.45, 2.75) is 12.6 Å². The minimum absolute atomic E-state index is 0.427.